The largest absolute Gasteiger partial charge is 0.494 e. The summed E-state index contributed by atoms with van der Waals surface area (Å²) in [5, 5.41) is 0. The van der Waals surface area contributed by atoms with Gasteiger partial charge in [-0.3, -0.25) is 9.59 Å². The highest BCUT2D eigenvalue weighted by Gasteiger charge is 2.27. The van der Waals surface area contributed by atoms with E-state index in [1.165, 1.54) is 0 Å². The summed E-state index contributed by atoms with van der Waals surface area (Å²) in [6.45, 7) is 5.24. The van der Waals surface area contributed by atoms with Gasteiger partial charge in [0.15, 0.2) is 0 Å². The zero-order valence-corrected chi connectivity index (χ0v) is 19.7. The van der Waals surface area contributed by atoms with Gasteiger partial charge in [0.05, 0.1) is 13.2 Å². The van der Waals surface area contributed by atoms with Crippen molar-refractivity contribution in [2.45, 2.75) is 26.7 Å². The molecule has 0 N–H and O–H groups in total. The van der Waals surface area contributed by atoms with Crippen molar-refractivity contribution in [1.29, 1.82) is 0 Å². The molecule has 32 heavy (non-hydrogen) atoms. The summed E-state index contributed by atoms with van der Waals surface area (Å²) in [5.41, 5.74) is 0.713. The van der Waals surface area contributed by atoms with Gasteiger partial charge in [0.25, 0.3) is 11.8 Å². The van der Waals surface area contributed by atoms with Gasteiger partial charge in [0.1, 0.15) is 17.3 Å². The van der Waals surface area contributed by atoms with E-state index in [2.05, 4.69) is 20.9 Å². The zero-order chi connectivity index (χ0) is 22.9. The Bertz CT molecular complexity index is 972. The topological polar surface area (TPSA) is 68.7 Å². The minimum absolute atomic E-state index is 0.237. The molecule has 1 heterocycles. The van der Waals surface area contributed by atoms with E-state index in [1.54, 1.807) is 66.9 Å². The molecule has 0 aliphatic rings. The predicted molar refractivity (Wildman–Crippen MR) is 128 cm³/mol. The van der Waals surface area contributed by atoms with Crippen molar-refractivity contribution in [3.8, 4) is 11.5 Å². The number of anilines is 1. The van der Waals surface area contributed by atoms with Crippen LogP contribution in [0.2, 0.25) is 0 Å². The first-order chi connectivity index (χ1) is 15.5. The summed E-state index contributed by atoms with van der Waals surface area (Å²) in [5.74, 6) is 0.633. The van der Waals surface area contributed by atoms with Crippen LogP contribution < -0.4 is 14.4 Å². The SMILES string of the molecule is CCCOc1ccc(C(=O)N(C(=O)c2ccc(OCCC)cc2)c2ccc(Br)cn2)cc1. The van der Waals surface area contributed by atoms with Gasteiger partial charge < -0.3 is 9.47 Å². The Morgan fingerprint density at radius 3 is 1.62 bits per heavy atom. The van der Waals surface area contributed by atoms with Crippen LogP contribution in [0.1, 0.15) is 47.4 Å². The van der Waals surface area contributed by atoms with Crippen LogP contribution in [-0.2, 0) is 0 Å². The summed E-state index contributed by atoms with van der Waals surface area (Å²) in [7, 11) is 0. The monoisotopic (exact) mass is 496 g/mol. The number of amides is 2. The summed E-state index contributed by atoms with van der Waals surface area (Å²) in [6.07, 6.45) is 3.33. The molecule has 0 aliphatic carbocycles. The van der Waals surface area contributed by atoms with Crippen LogP contribution in [0.5, 0.6) is 11.5 Å². The summed E-state index contributed by atoms with van der Waals surface area (Å²) in [6, 6.07) is 16.8. The van der Waals surface area contributed by atoms with E-state index in [0.717, 1.165) is 22.2 Å². The number of aromatic nitrogens is 1. The number of pyridine rings is 1. The molecule has 0 aliphatic heterocycles. The van der Waals surface area contributed by atoms with Crippen molar-refractivity contribution >= 4 is 33.6 Å². The molecule has 6 nitrogen and oxygen atoms in total. The first kappa shape index (κ1) is 23.5. The maximum absolute atomic E-state index is 13.4. The third-order valence-electron chi connectivity index (χ3n) is 4.50. The number of imide groups is 1. The van der Waals surface area contributed by atoms with Crippen molar-refractivity contribution in [3.05, 3.63) is 82.5 Å². The van der Waals surface area contributed by atoms with Crippen LogP contribution in [0.3, 0.4) is 0 Å². The summed E-state index contributed by atoms with van der Waals surface area (Å²) >= 11 is 3.34. The summed E-state index contributed by atoms with van der Waals surface area (Å²) < 4.78 is 11.9. The van der Waals surface area contributed by atoms with E-state index in [-0.39, 0.29) is 5.82 Å². The molecule has 2 amide bonds. The second-order valence-electron chi connectivity index (χ2n) is 7.03. The quantitative estimate of drug-likeness (QED) is 0.344. The van der Waals surface area contributed by atoms with Gasteiger partial charge in [-0.1, -0.05) is 13.8 Å². The maximum atomic E-state index is 13.4. The van der Waals surface area contributed by atoms with Crippen LogP contribution in [0.15, 0.2) is 71.3 Å². The number of rotatable bonds is 9. The van der Waals surface area contributed by atoms with Gasteiger partial charge in [0.2, 0.25) is 0 Å². The number of hydrogen-bond donors (Lipinski definition) is 0. The Hall–Kier alpha value is -3.19. The van der Waals surface area contributed by atoms with E-state index < -0.39 is 11.8 Å². The number of ether oxygens (including phenoxy) is 2. The van der Waals surface area contributed by atoms with Gasteiger partial charge in [-0.2, -0.15) is 0 Å². The fourth-order valence-electron chi connectivity index (χ4n) is 2.89. The molecule has 0 spiro atoms. The van der Waals surface area contributed by atoms with E-state index in [1.807, 2.05) is 13.8 Å². The average molecular weight is 497 g/mol. The van der Waals surface area contributed by atoms with Crippen molar-refractivity contribution < 1.29 is 19.1 Å². The van der Waals surface area contributed by atoms with Gasteiger partial charge >= 0.3 is 0 Å². The van der Waals surface area contributed by atoms with Crippen LogP contribution >= 0.6 is 15.9 Å². The maximum Gasteiger partial charge on any atom is 0.266 e. The highest BCUT2D eigenvalue weighted by atomic mass is 79.9. The minimum Gasteiger partial charge on any atom is -0.494 e. The molecule has 2 aromatic carbocycles. The van der Waals surface area contributed by atoms with Gasteiger partial charge in [-0.05, 0) is 89.4 Å². The standard InChI is InChI=1S/C25H25BrN2O4/c1-3-15-31-21-10-5-18(6-11-21)24(29)28(23-14-9-20(26)17-27-23)25(30)19-7-12-22(13-8-19)32-16-4-2/h5-14,17H,3-4,15-16H2,1-2H3. The molecule has 1 aromatic heterocycles. The molecule has 0 bridgehead atoms. The first-order valence-corrected chi connectivity index (χ1v) is 11.3. The van der Waals surface area contributed by atoms with Crippen LogP contribution in [0, 0.1) is 0 Å². The minimum atomic E-state index is -0.474. The highest BCUT2D eigenvalue weighted by molar-refractivity contribution is 9.10. The number of benzene rings is 2. The molecule has 7 heteroatoms. The molecule has 0 saturated heterocycles. The van der Waals surface area contributed by atoms with Gasteiger partial charge in [-0.25, -0.2) is 9.88 Å². The third kappa shape index (κ3) is 5.95. The number of hydrogen-bond acceptors (Lipinski definition) is 5. The number of carbonyl (C=O) groups is 2. The number of halogens is 1. The molecule has 3 aromatic rings. The third-order valence-corrected chi connectivity index (χ3v) is 4.96. The Morgan fingerprint density at radius 1 is 0.781 bits per heavy atom. The Kier molecular flexibility index (Phi) is 8.39. The lowest BCUT2D eigenvalue weighted by Crippen LogP contribution is -2.37. The molecular formula is C25H25BrN2O4. The lowest BCUT2D eigenvalue weighted by Gasteiger charge is -2.20. The predicted octanol–water partition coefficient (Wildman–Crippen LogP) is 5.91. The average Bonchev–Trinajstić information content (AvgIpc) is 2.83. The highest BCUT2D eigenvalue weighted by Crippen LogP contribution is 2.23. The number of carbonyl (C=O) groups excluding carboxylic acids is 2. The normalized spacial score (nSPS) is 10.5. The number of nitrogens with zero attached hydrogens (tertiary/aromatic N) is 2. The van der Waals surface area contributed by atoms with E-state index in [9.17, 15) is 9.59 Å². The lowest BCUT2D eigenvalue weighted by atomic mass is 10.1. The van der Waals surface area contributed by atoms with Crippen molar-refractivity contribution in [2.24, 2.45) is 0 Å². The molecular weight excluding hydrogens is 472 g/mol. The molecule has 166 valence electrons. The molecule has 0 radical (unpaired) electrons. The Balaban J connectivity index is 1.90. The van der Waals surface area contributed by atoms with Crippen molar-refractivity contribution in [2.75, 3.05) is 18.1 Å². The second-order valence-corrected chi connectivity index (χ2v) is 7.94. The molecule has 0 unspecified atom stereocenters. The van der Waals surface area contributed by atoms with Gasteiger partial charge in [0, 0.05) is 21.8 Å². The van der Waals surface area contributed by atoms with Crippen LogP contribution in [0.25, 0.3) is 0 Å². The molecule has 0 atom stereocenters. The fourth-order valence-corrected chi connectivity index (χ4v) is 3.12. The Morgan fingerprint density at radius 2 is 1.25 bits per heavy atom. The fraction of sp³-hybridized carbons (Fsp3) is 0.240. The molecule has 0 saturated carbocycles. The Labute approximate surface area is 196 Å². The molecule has 0 fully saturated rings. The first-order valence-electron chi connectivity index (χ1n) is 10.5. The van der Waals surface area contributed by atoms with E-state index >= 15 is 0 Å². The van der Waals surface area contributed by atoms with Gasteiger partial charge in [-0.15, -0.1) is 0 Å². The van der Waals surface area contributed by atoms with E-state index in [4.69, 9.17) is 9.47 Å². The van der Waals surface area contributed by atoms with Crippen molar-refractivity contribution in [3.63, 3.8) is 0 Å². The van der Waals surface area contributed by atoms with Crippen LogP contribution in [0.4, 0.5) is 5.82 Å². The lowest BCUT2D eigenvalue weighted by molar-refractivity contribution is 0.0896. The summed E-state index contributed by atoms with van der Waals surface area (Å²) in [4.78, 5) is 32.1. The zero-order valence-electron chi connectivity index (χ0n) is 18.1. The molecule has 3 rings (SSSR count). The smallest absolute Gasteiger partial charge is 0.266 e. The van der Waals surface area contributed by atoms with Crippen LogP contribution in [-0.4, -0.2) is 30.0 Å². The van der Waals surface area contributed by atoms with Crippen molar-refractivity contribution in [1.82, 2.24) is 4.98 Å². The van der Waals surface area contributed by atoms with E-state index in [0.29, 0.717) is 35.8 Å². The second kappa shape index (κ2) is 11.4.